The molecule has 0 amide bonds. The molecule has 17 heavy (non-hydrogen) atoms. The van der Waals surface area contributed by atoms with Crippen molar-refractivity contribution in [3.8, 4) is 0 Å². The Balaban J connectivity index is -0.000000196. The van der Waals surface area contributed by atoms with Gasteiger partial charge in [-0.05, 0) is 0 Å². The predicted molar refractivity (Wildman–Crippen MR) is 75.9 cm³/mol. The Labute approximate surface area is 136 Å². The maximum absolute atomic E-state index is 3.59. The average molecular weight is 346 g/mol. The van der Waals surface area contributed by atoms with Gasteiger partial charge in [-0.3, -0.25) is 0 Å². The van der Waals surface area contributed by atoms with E-state index in [1.807, 2.05) is 24.3 Å². The van der Waals surface area contributed by atoms with Crippen LogP contribution in [0.4, 0.5) is 0 Å². The van der Waals surface area contributed by atoms with Crippen LogP contribution in [-0.2, 0) is 26.2 Å². The molecule has 0 N–H and O–H groups in total. The van der Waals surface area contributed by atoms with E-state index in [9.17, 15) is 0 Å². The monoisotopic (exact) mass is 344 g/mol. The molecule has 0 fully saturated rings. The molecule has 0 saturated heterocycles. The van der Waals surface area contributed by atoms with Crippen LogP contribution in [0.5, 0.6) is 0 Å². The van der Waals surface area contributed by atoms with Gasteiger partial charge in [0.2, 0.25) is 0 Å². The van der Waals surface area contributed by atoms with Crippen LogP contribution in [0.2, 0.25) is 0 Å². The van der Waals surface area contributed by atoms with Crippen LogP contribution in [0.1, 0.15) is 12.8 Å². The molecule has 0 unspecified atom stereocenters. The van der Waals surface area contributed by atoms with Gasteiger partial charge in [0, 0.05) is 0 Å². The Hall–Kier alpha value is -0.0969. The van der Waals surface area contributed by atoms with E-state index in [1.165, 1.54) is 0 Å². The number of rotatable bonds is 2. The number of allylic oxidation sites excluding steroid dienone is 10. The molecule has 0 atom stereocenters. The Morgan fingerprint density at radius 3 is 1.35 bits per heavy atom. The molecule has 0 aromatic carbocycles. The molecule has 2 aliphatic carbocycles. The molecule has 0 aromatic heterocycles. The van der Waals surface area contributed by atoms with Gasteiger partial charge in [-0.15, -0.1) is 37.0 Å². The van der Waals surface area contributed by atoms with E-state index in [4.69, 9.17) is 0 Å². The Kier molecular flexibility index (Phi) is 18.2. The molecule has 0 aliphatic heterocycles. The molecule has 0 radical (unpaired) electrons. The SMILES string of the molecule is C=CC1=[C-]CC=C1.C=CC1=[C-]CC=C1.Cl.Cl.[Zr+2]. The third-order valence-corrected chi connectivity index (χ3v) is 1.88. The van der Waals surface area contributed by atoms with Crippen molar-refractivity contribution in [2.75, 3.05) is 0 Å². The van der Waals surface area contributed by atoms with Crippen molar-refractivity contribution in [2.45, 2.75) is 12.8 Å². The van der Waals surface area contributed by atoms with Crippen molar-refractivity contribution in [3.05, 3.63) is 72.9 Å². The van der Waals surface area contributed by atoms with E-state index in [-0.39, 0.29) is 51.0 Å². The Morgan fingerprint density at radius 2 is 1.24 bits per heavy atom. The second-order valence-corrected chi connectivity index (χ2v) is 2.89. The summed E-state index contributed by atoms with van der Waals surface area (Å²) in [6, 6.07) is 0. The smallest absolute Gasteiger partial charge is 0.198 e. The standard InChI is InChI=1S/2C7H7.2ClH.Zr/c2*1-2-7-5-3-4-6-7;;;/h2*2-3,5H,1,4H2;2*1H;/q2*-1;;;+2. The summed E-state index contributed by atoms with van der Waals surface area (Å²) in [6.07, 6.45) is 19.9. The summed E-state index contributed by atoms with van der Waals surface area (Å²) in [5.74, 6) is 0. The van der Waals surface area contributed by atoms with E-state index in [0.717, 1.165) is 24.0 Å². The molecular weight excluding hydrogens is 330 g/mol. The summed E-state index contributed by atoms with van der Waals surface area (Å²) in [4.78, 5) is 0. The molecule has 0 saturated carbocycles. The van der Waals surface area contributed by atoms with Crippen LogP contribution in [0.25, 0.3) is 0 Å². The molecule has 0 bridgehead atoms. The van der Waals surface area contributed by atoms with Crippen LogP contribution in [-0.4, -0.2) is 0 Å². The second-order valence-electron chi connectivity index (χ2n) is 2.89. The first-order valence-corrected chi connectivity index (χ1v) is 4.66. The van der Waals surface area contributed by atoms with Gasteiger partial charge < -0.3 is 0 Å². The number of hydrogen-bond donors (Lipinski definition) is 0. The van der Waals surface area contributed by atoms with E-state index >= 15 is 0 Å². The first-order valence-electron chi connectivity index (χ1n) is 4.66. The normalized spacial score (nSPS) is 13.9. The van der Waals surface area contributed by atoms with Gasteiger partial charge in [0.05, 0.1) is 0 Å². The van der Waals surface area contributed by atoms with Crippen molar-refractivity contribution in [1.29, 1.82) is 0 Å². The van der Waals surface area contributed by atoms with Crippen LogP contribution < -0.4 is 0 Å². The number of hydrogen-bond acceptors (Lipinski definition) is 0. The summed E-state index contributed by atoms with van der Waals surface area (Å²) < 4.78 is 0. The summed E-state index contributed by atoms with van der Waals surface area (Å²) in [5, 5.41) is 0. The van der Waals surface area contributed by atoms with Gasteiger partial charge in [0.1, 0.15) is 0 Å². The third-order valence-electron chi connectivity index (χ3n) is 1.88. The minimum atomic E-state index is 0. The molecule has 3 heteroatoms. The number of halogens is 2. The Bertz CT molecular complexity index is 302. The topological polar surface area (TPSA) is 0 Å². The summed E-state index contributed by atoms with van der Waals surface area (Å²) in [7, 11) is 0. The maximum Gasteiger partial charge on any atom is 2.00 e. The first kappa shape index (κ1) is 22.1. The zero-order valence-corrected chi connectivity index (χ0v) is 13.7. The van der Waals surface area contributed by atoms with Gasteiger partial charge in [-0.1, -0.05) is 12.8 Å². The van der Waals surface area contributed by atoms with E-state index in [0.29, 0.717) is 0 Å². The fourth-order valence-corrected chi connectivity index (χ4v) is 1.12. The van der Waals surface area contributed by atoms with E-state index < -0.39 is 0 Å². The zero-order valence-electron chi connectivity index (χ0n) is 9.61. The van der Waals surface area contributed by atoms with Crippen molar-refractivity contribution in [3.63, 3.8) is 0 Å². The third kappa shape index (κ3) is 9.59. The maximum atomic E-state index is 3.59. The van der Waals surface area contributed by atoms with Crippen LogP contribution in [0.15, 0.2) is 60.8 Å². The molecular formula is C14H16Cl2Zr. The van der Waals surface area contributed by atoms with Crippen LogP contribution in [0, 0.1) is 12.2 Å². The second kappa shape index (κ2) is 14.0. The fraction of sp³-hybridized carbons (Fsp3) is 0.143. The molecule has 0 heterocycles. The Morgan fingerprint density at radius 1 is 0.882 bits per heavy atom. The summed E-state index contributed by atoms with van der Waals surface area (Å²) >= 11 is 0. The van der Waals surface area contributed by atoms with Gasteiger partial charge in [0.15, 0.2) is 0 Å². The van der Waals surface area contributed by atoms with Gasteiger partial charge in [-0.25, -0.2) is 0 Å². The van der Waals surface area contributed by atoms with Crippen molar-refractivity contribution < 1.29 is 26.2 Å². The molecule has 0 aromatic rings. The molecule has 0 nitrogen and oxygen atoms in total. The zero-order chi connectivity index (χ0) is 10.2. The average Bonchev–Trinajstić information content (AvgIpc) is 2.92. The molecule has 90 valence electrons. The summed E-state index contributed by atoms with van der Waals surface area (Å²) in [5.41, 5.74) is 2.25. The van der Waals surface area contributed by atoms with Gasteiger partial charge in [-0.2, -0.15) is 60.8 Å². The van der Waals surface area contributed by atoms with Crippen LogP contribution in [0.3, 0.4) is 0 Å². The van der Waals surface area contributed by atoms with Gasteiger partial charge >= 0.3 is 26.2 Å². The largest absolute Gasteiger partial charge is 2.00 e. The van der Waals surface area contributed by atoms with Crippen molar-refractivity contribution in [1.82, 2.24) is 0 Å². The quantitative estimate of drug-likeness (QED) is 0.643. The summed E-state index contributed by atoms with van der Waals surface area (Å²) in [6.45, 7) is 7.18. The minimum absolute atomic E-state index is 0. The fourth-order valence-electron chi connectivity index (χ4n) is 1.12. The molecule has 2 aliphatic rings. The minimum Gasteiger partial charge on any atom is -0.198 e. The molecule has 0 spiro atoms. The first-order chi connectivity index (χ1) is 6.86. The van der Waals surface area contributed by atoms with Crippen LogP contribution >= 0.6 is 24.8 Å². The van der Waals surface area contributed by atoms with Gasteiger partial charge in [0.25, 0.3) is 0 Å². The van der Waals surface area contributed by atoms with Crippen molar-refractivity contribution in [2.24, 2.45) is 0 Å². The van der Waals surface area contributed by atoms with E-state index in [2.05, 4.69) is 37.5 Å². The van der Waals surface area contributed by atoms with Crippen molar-refractivity contribution >= 4 is 24.8 Å². The van der Waals surface area contributed by atoms with E-state index in [1.54, 1.807) is 0 Å². The predicted octanol–water partition coefficient (Wildman–Crippen LogP) is 4.56. The molecule has 2 rings (SSSR count).